The zero-order chi connectivity index (χ0) is 27.8. The zero-order valence-corrected chi connectivity index (χ0v) is 23.0. The Morgan fingerprint density at radius 1 is 0.429 bits per heavy atom. The standard InChI is InChI=1S/C39H25NO2/c1-24-11-2-8-18-32(24)40(33-19-10-17-30-28-15-7-9-20-35(28)41-39(30)33)34-23-36-37(29-16-6-5-14-27(29)34)31-22-21-25-12-3-4-13-26(25)38(31)42-36/h2-23H,1H3. The van der Waals surface area contributed by atoms with E-state index in [0.29, 0.717) is 0 Å². The maximum Gasteiger partial charge on any atom is 0.159 e. The van der Waals surface area contributed by atoms with Gasteiger partial charge in [0.15, 0.2) is 5.58 Å². The molecule has 198 valence electrons. The lowest BCUT2D eigenvalue weighted by molar-refractivity contribution is 0.668. The first-order valence-electron chi connectivity index (χ1n) is 14.3. The Balaban J connectivity index is 1.43. The number of fused-ring (bicyclic) bond motifs is 10. The van der Waals surface area contributed by atoms with Crippen LogP contribution in [-0.4, -0.2) is 0 Å². The third-order valence-corrected chi connectivity index (χ3v) is 8.57. The number of anilines is 3. The van der Waals surface area contributed by atoms with E-state index in [2.05, 4.69) is 133 Å². The fraction of sp³-hybridized carbons (Fsp3) is 0.0256. The van der Waals surface area contributed by atoms with Crippen LogP contribution in [0.15, 0.2) is 142 Å². The van der Waals surface area contributed by atoms with Gasteiger partial charge in [-0.15, -0.1) is 0 Å². The quantitative estimate of drug-likeness (QED) is 0.224. The van der Waals surface area contributed by atoms with Gasteiger partial charge in [0.25, 0.3) is 0 Å². The molecule has 0 radical (unpaired) electrons. The molecule has 0 fully saturated rings. The summed E-state index contributed by atoms with van der Waals surface area (Å²) in [5, 5.41) is 9.10. The smallest absolute Gasteiger partial charge is 0.159 e. The van der Waals surface area contributed by atoms with Gasteiger partial charge in [-0.2, -0.15) is 0 Å². The Morgan fingerprint density at radius 3 is 1.98 bits per heavy atom. The van der Waals surface area contributed by atoms with Gasteiger partial charge in [0.2, 0.25) is 0 Å². The summed E-state index contributed by atoms with van der Waals surface area (Å²) in [6, 6.07) is 46.9. The van der Waals surface area contributed by atoms with Crippen molar-refractivity contribution in [3.05, 3.63) is 139 Å². The van der Waals surface area contributed by atoms with Crippen molar-refractivity contribution in [2.45, 2.75) is 6.92 Å². The number of aryl methyl sites for hydroxylation is 1. The minimum Gasteiger partial charge on any atom is -0.455 e. The van der Waals surface area contributed by atoms with Crippen LogP contribution in [0.4, 0.5) is 17.1 Å². The van der Waals surface area contributed by atoms with Crippen LogP contribution in [0, 0.1) is 6.92 Å². The van der Waals surface area contributed by atoms with Gasteiger partial charge in [-0.1, -0.05) is 103 Å². The van der Waals surface area contributed by atoms with Crippen molar-refractivity contribution in [2.75, 3.05) is 4.90 Å². The third kappa shape index (κ3) is 3.22. The molecule has 0 bridgehead atoms. The SMILES string of the molecule is Cc1ccccc1N(c1cc2oc3c4ccccc4ccc3c2c2ccccc12)c1cccc2c1oc1ccccc12. The van der Waals surface area contributed by atoms with E-state index in [9.17, 15) is 0 Å². The highest BCUT2D eigenvalue weighted by atomic mass is 16.3. The van der Waals surface area contributed by atoms with Crippen LogP contribution in [0.2, 0.25) is 0 Å². The number of hydrogen-bond acceptors (Lipinski definition) is 3. The number of hydrogen-bond donors (Lipinski definition) is 0. The van der Waals surface area contributed by atoms with Crippen LogP contribution in [0.5, 0.6) is 0 Å². The Bertz CT molecular complexity index is 2500. The summed E-state index contributed by atoms with van der Waals surface area (Å²) < 4.78 is 13.3. The van der Waals surface area contributed by atoms with Gasteiger partial charge in [0.1, 0.15) is 16.7 Å². The van der Waals surface area contributed by atoms with E-state index in [4.69, 9.17) is 8.83 Å². The minimum absolute atomic E-state index is 0.863. The van der Waals surface area contributed by atoms with Gasteiger partial charge in [-0.05, 0) is 47.5 Å². The highest BCUT2D eigenvalue weighted by Gasteiger charge is 2.24. The number of para-hydroxylation sites is 3. The summed E-state index contributed by atoms with van der Waals surface area (Å²) in [7, 11) is 0. The Labute approximate surface area is 241 Å². The van der Waals surface area contributed by atoms with Gasteiger partial charge in [0, 0.05) is 44.1 Å². The fourth-order valence-electron chi connectivity index (χ4n) is 6.65. The molecular formula is C39H25NO2. The molecule has 0 saturated carbocycles. The summed E-state index contributed by atoms with van der Waals surface area (Å²) in [5.74, 6) is 0. The molecule has 0 saturated heterocycles. The molecule has 2 aromatic heterocycles. The van der Waals surface area contributed by atoms with Crippen molar-refractivity contribution in [2.24, 2.45) is 0 Å². The summed E-state index contributed by atoms with van der Waals surface area (Å²) in [5.41, 5.74) is 7.84. The second kappa shape index (κ2) is 8.73. The summed E-state index contributed by atoms with van der Waals surface area (Å²) in [6.07, 6.45) is 0. The lowest BCUT2D eigenvalue weighted by atomic mass is 9.99. The van der Waals surface area contributed by atoms with Crippen molar-refractivity contribution in [1.82, 2.24) is 0 Å². The Hall–Kier alpha value is -5.54. The molecule has 7 aromatic carbocycles. The van der Waals surface area contributed by atoms with Crippen molar-refractivity contribution in [3.63, 3.8) is 0 Å². The molecular weight excluding hydrogens is 514 g/mol. The Kier molecular flexibility index (Phi) is 4.82. The normalized spacial score (nSPS) is 11.9. The molecule has 9 rings (SSSR count). The molecule has 0 unspecified atom stereocenters. The van der Waals surface area contributed by atoms with Crippen molar-refractivity contribution >= 4 is 82.5 Å². The van der Waals surface area contributed by atoms with E-state index in [0.717, 1.165) is 77.1 Å². The van der Waals surface area contributed by atoms with Crippen LogP contribution in [0.1, 0.15) is 5.56 Å². The molecule has 0 aliphatic heterocycles. The number of furan rings is 2. The van der Waals surface area contributed by atoms with E-state index >= 15 is 0 Å². The largest absolute Gasteiger partial charge is 0.455 e. The fourth-order valence-corrected chi connectivity index (χ4v) is 6.65. The maximum absolute atomic E-state index is 6.75. The van der Waals surface area contributed by atoms with Crippen LogP contribution in [0.3, 0.4) is 0 Å². The lowest BCUT2D eigenvalue weighted by Gasteiger charge is -2.28. The summed E-state index contributed by atoms with van der Waals surface area (Å²) in [6.45, 7) is 2.16. The van der Waals surface area contributed by atoms with Crippen molar-refractivity contribution in [1.29, 1.82) is 0 Å². The van der Waals surface area contributed by atoms with Gasteiger partial charge < -0.3 is 13.7 Å². The van der Waals surface area contributed by atoms with Gasteiger partial charge in [-0.3, -0.25) is 0 Å². The second-order valence-corrected chi connectivity index (χ2v) is 11.0. The molecule has 0 aliphatic rings. The molecule has 9 aromatic rings. The molecule has 3 heteroatoms. The summed E-state index contributed by atoms with van der Waals surface area (Å²) in [4.78, 5) is 2.34. The zero-order valence-electron chi connectivity index (χ0n) is 23.0. The monoisotopic (exact) mass is 539 g/mol. The van der Waals surface area contributed by atoms with E-state index in [1.165, 1.54) is 10.9 Å². The average Bonchev–Trinajstić information content (AvgIpc) is 3.61. The van der Waals surface area contributed by atoms with Gasteiger partial charge >= 0.3 is 0 Å². The van der Waals surface area contributed by atoms with E-state index in [-0.39, 0.29) is 0 Å². The topological polar surface area (TPSA) is 29.5 Å². The Morgan fingerprint density at radius 2 is 1.10 bits per heavy atom. The molecule has 2 heterocycles. The predicted octanol–water partition coefficient (Wildman–Crippen LogP) is 11.6. The van der Waals surface area contributed by atoms with Crippen LogP contribution in [-0.2, 0) is 0 Å². The lowest BCUT2D eigenvalue weighted by Crippen LogP contribution is -2.12. The highest BCUT2D eigenvalue weighted by Crippen LogP contribution is 2.48. The molecule has 3 nitrogen and oxygen atoms in total. The molecule has 0 spiro atoms. The molecule has 42 heavy (non-hydrogen) atoms. The molecule has 0 atom stereocenters. The van der Waals surface area contributed by atoms with Crippen LogP contribution in [0.25, 0.3) is 65.4 Å². The number of benzene rings is 7. The van der Waals surface area contributed by atoms with Crippen molar-refractivity contribution in [3.8, 4) is 0 Å². The maximum atomic E-state index is 6.75. The molecule has 0 aliphatic carbocycles. The number of nitrogens with zero attached hydrogens (tertiary/aromatic N) is 1. The van der Waals surface area contributed by atoms with Gasteiger partial charge in [0.05, 0.1) is 11.4 Å². The van der Waals surface area contributed by atoms with Crippen molar-refractivity contribution < 1.29 is 8.83 Å². The first-order valence-corrected chi connectivity index (χ1v) is 14.3. The van der Waals surface area contributed by atoms with E-state index in [1.807, 2.05) is 12.1 Å². The van der Waals surface area contributed by atoms with E-state index < -0.39 is 0 Å². The second-order valence-electron chi connectivity index (χ2n) is 11.0. The minimum atomic E-state index is 0.863. The molecule has 0 N–H and O–H groups in total. The first-order chi connectivity index (χ1) is 20.8. The van der Waals surface area contributed by atoms with Crippen LogP contribution < -0.4 is 4.90 Å². The molecule has 0 amide bonds. The van der Waals surface area contributed by atoms with Crippen LogP contribution >= 0.6 is 0 Å². The van der Waals surface area contributed by atoms with E-state index in [1.54, 1.807) is 0 Å². The average molecular weight is 540 g/mol. The predicted molar refractivity (Wildman–Crippen MR) is 175 cm³/mol. The number of rotatable bonds is 3. The van der Waals surface area contributed by atoms with Gasteiger partial charge in [-0.25, -0.2) is 0 Å². The first kappa shape index (κ1) is 23.2. The summed E-state index contributed by atoms with van der Waals surface area (Å²) >= 11 is 0. The third-order valence-electron chi connectivity index (χ3n) is 8.57. The highest BCUT2D eigenvalue weighted by molar-refractivity contribution is 6.26.